The fourth-order valence-corrected chi connectivity index (χ4v) is 7.88. The van der Waals surface area contributed by atoms with Gasteiger partial charge in [0.05, 0.1) is 27.9 Å². The number of rotatable bonds is 10. The monoisotopic (exact) mass is 808 g/mol. The summed E-state index contributed by atoms with van der Waals surface area (Å²) in [6, 6.07) is 18.6. The molecule has 5 nitrogen and oxygen atoms in total. The molecular weight excluding hydrogens is 725 g/mol. The van der Waals surface area contributed by atoms with Crippen molar-refractivity contribution in [3.05, 3.63) is 59.7 Å². The molecule has 5 aromatic carbocycles. The van der Waals surface area contributed by atoms with Crippen LogP contribution < -0.4 is 10.8 Å². The van der Waals surface area contributed by atoms with Crippen molar-refractivity contribution in [2.45, 2.75) is 186 Å². The minimum atomic E-state index is -0.901. The smallest absolute Gasteiger partial charge is 0.328 e. The Morgan fingerprint density at radius 1 is 0.627 bits per heavy atom. The van der Waals surface area contributed by atoms with E-state index >= 15 is 0 Å². The number of benzene rings is 5. The number of anilines is 1. The zero-order chi connectivity index (χ0) is 45.1. The Kier molecular flexibility index (Phi) is 13.6. The second-order valence-corrected chi connectivity index (χ2v) is 22.3. The molecule has 6 heteroatoms. The fraction of sp³-hybridized carbons (Fsp3) is 0.623. The molecule has 0 saturated carbocycles. The summed E-state index contributed by atoms with van der Waals surface area (Å²) in [5.41, 5.74) is 3.77. The predicted molar refractivity (Wildman–Crippen MR) is 261 cm³/mol. The molecule has 6 rings (SSSR count). The number of aryl methyl sites for hydroxylation is 2. The van der Waals surface area contributed by atoms with E-state index in [1.54, 1.807) is 14.2 Å². The van der Waals surface area contributed by atoms with Crippen molar-refractivity contribution in [2.75, 3.05) is 19.5 Å². The lowest BCUT2D eigenvalue weighted by Gasteiger charge is -2.40. The highest BCUT2D eigenvalue weighted by atomic mass is 16.5. The van der Waals surface area contributed by atoms with Crippen LogP contribution in [0.3, 0.4) is 0 Å². The Morgan fingerprint density at radius 3 is 1.41 bits per heavy atom. The lowest BCUT2D eigenvalue weighted by molar-refractivity contribution is -0.147. The maximum atomic E-state index is 10.9. The summed E-state index contributed by atoms with van der Waals surface area (Å²) in [6.07, 6.45) is 3.53. The average molecular weight is 808 g/mol. The molecule has 1 saturated heterocycles. The predicted octanol–water partition coefficient (Wildman–Crippen LogP) is 14.0. The van der Waals surface area contributed by atoms with Gasteiger partial charge < -0.3 is 24.6 Å². The van der Waals surface area contributed by atoms with Crippen LogP contribution in [0.5, 0.6) is 0 Å². The van der Waals surface area contributed by atoms with Crippen molar-refractivity contribution in [3.63, 3.8) is 0 Å². The maximum absolute atomic E-state index is 10.9. The van der Waals surface area contributed by atoms with Gasteiger partial charge in [0.15, 0.2) is 0 Å². The van der Waals surface area contributed by atoms with E-state index in [0.29, 0.717) is 10.8 Å². The van der Waals surface area contributed by atoms with Gasteiger partial charge in [-0.25, -0.2) is 0 Å². The molecule has 1 fully saturated rings. The first kappa shape index (κ1) is 48.8. The van der Waals surface area contributed by atoms with E-state index < -0.39 is 11.1 Å². The minimum Gasteiger partial charge on any atom is -0.426 e. The first-order valence-electron chi connectivity index (χ1n) is 22.2. The van der Waals surface area contributed by atoms with Gasteiger partial charge in [-0.05, 0) is 177 Å². The minimum absolute atomic E-state index is 0.0447. The van der Waals surface area contributed by atoms with Crippen LogP contribution in [0.15, 0.2) is 48.5 Å². The van der Waals surface area contributed by atoms with Crippen LogP contribution in [-0.4, -0.2) is 54.2 Å². The zero-order valence-corrected chi connectivity index (χ0v) is 41.5. The van der Waals surface area contributed by atoms with Gasteiger partial charge >= 0.3 is 6.92 Å². The molecule has 0 amide bonds. The molecule has 0 aromatic heterocycles. The SMILES string of the molecule is CCC(C)(C)C(C)(C)CC.COC(C)(C)C(C)(C)OC.Cc1cc2cc(C)cc3c4cc(B5CC(C)(C)C(C)(C)O5)cc5cc(NC(C)(C)C(C)(C)O)cc(c(c1)c23)c54. The number of hydrogen-bond acceptors (Lipinski definition) is 5. The molecule has 326 valence electrons. The van der Waals surface area contributed by atoms with Crippen LogP contribution in [0, 0.1) is 30.1 Å². The largest absolute Gasteiger partial charge is 0.426 e. The van der Waals surface area contributed by atoms with Crippen LogP contribution in [0.25, 0.3) is 43.1 Å². The number of methoxy groups -OCH3 is 2. The highest BCUT2D eigenvalue weighted by Crippen LogP contribution is 2.47. The molecule has 0 bridgehead atoms. The van der Waals surface area contributed by atoms with Gasteiger partial charge in [0.25, 0.3) is 0 Å². The molecule has 2 N–H and O–H groups in total. The van der Waals surface area contributed by atoms with Gasteiger partial charge in [0.2, 0.25) is 0 Å². The van der Waals surface area contributed by atoms with Crippen molar-refractivity contribution in [3.8, 4) is 0 Å². The molecule has 1 aliphatic heterocycles. The third-order valence-corrected chi connectivity index (χ3v) is 16.2. The summed E-state index contributed by atoms with van der Waals surface area (Å²) in [6.45, 7) is 43.4. The topological polar surface area (TPSA) is 60.0 Å². The molecule has 0 unspecified atom stereocenters. The van der Waals surface area contributed by atoms with Crippen molar-refractivity contribution < 1.29 is 19.2 Å². The summed E-state index contributed by atoms with van der Waals surface area (Å²) in [5, 5.41) is 24.9. The zero-order valence-electron chi connectivity index (χ0n) is 41.5. The number of hydrogen-bond donors (Lipinski definition) is 2. The third-order valence-electron chi connectivity index (χ3n) is 16.2. The Labute approximate surface area is 360 Å². The quantitative estimate of drug-likeness (QED) is 0.0836. The van der Waals surface area contributed by atoms with Gasteiger partial charge in [-0.2, -0.15) is 0 Å². The normalized spacial score (nSPS) is 16.4. The van der Waals surface area contributed by atoms with Crippen molar-refractivity contribution in [1.29, 1.82) is 0 Å². The molecule has 0 atom stereocenters. The summed E-state index contributed by atoms with van der Waals surface area (Å²) >= 11 is 0. The Morgan fingerprint density at radius 2 is 1.03 bits per heavy atom. The maximum Gasteiger partial charge on any atom is 0.328 e. The Balaban J connectivity index is 0.000000318. The molecule has 1 aliphatic rings. The molecule has 1 heterocycles. The third kappa shape index (κ3) is 9.47. The first-order chi connectivity index (χ1) is 26.7. The van der Waals surface area contributed by atoms with E-state index in [2.05, 4.69) is 151 Å². The van der Waals surface area contributed by atoms with Gasteiger partial charge in [-0.15, -0.1) is 0 Å². The van der Waals surface area contributed by atoms with Gasteiger partial charge in [-0.1, -0.05) is 105 Å². The summed E-state index contributed by atoms with van der Waals surface area (Å²) in [4.78, 5) is 0. The van der Waals surface area contributed by atoms with Crippen molar-refractivity contribution in [1.82, 2.24) is 0 Å². The van der Waals surface area contributed by atoms with E-state index in [1.807, 2.05) is 41.5 Å². The molecule has 0 radical (unpaired) electrons. The van der Waals surface area contributed by atoms with E-state index in [1.165, 1.54) is 72.5 Å². The van der Waals surface area contributed by atoms with Gasteiger partial charge in [0, 0.05) is 19.9 Å². The highest BCUT2D eigenvalue weighted by molar-refractivity contribution is 6.69. The second-order valence-electron chi connectivity index (χ2n) is 22.3. The van der Waals surface area contributed by atoms with E-state index in [9.17, 15) is 5.11 Å². The van der Waals surface area contributed by atoms with Gasteiger partial charge in [-0.3, -0.25) is 0 Å². The van der Waals surface area contributed by atoms with E-state index in [0.717, 1.165) is 12.0 Å². The average Bonchev–Trinajstić information content (AvgIpc) is 3.34. The van der Waals surface area contributed by atoms with Crippen LogP contribution in [-0.2, 0) is 14.1 Å². The number of nitrogens with one attached hydrogen (secondary N) is 1. The summed E-state index contributed by atoms with van der Waals surface area (Å²) in [7, 11) is 3.39. The fourth-order valence-electron chi connectivity index (χ4n) is 7.88. The number of fused-ring (bicyclic) bond motifs is 2. The second kappa shape index (κ2) is 16.4. The molecule has 0 spiro atoms. The van der Waals surface area contributed by atoms with E-state index in [4.69, 9.17) is 14.1 Å². The Hall–Kier alpha value is -2.90. The summed E-state index contributed by atoms with van der Waals surface area (Å²) < 4.78 is 17.3. The van der Waals surface area contributed by atoms with Gasteiger partial charge in [0.1, 0.15) is 0 Å². The van der Waals surface area contributed by atoms with E-state index in [-0.39, 0.29) is 29.1 Å². The molecular formula is C53H82BNO4. The lowest BCUT2D eigenvalue weighted by atomic mass is 9.54. The number of ether oxygens (including phenoxy) is 2. The summed E-state index contributed by atoms with van der Waals surface area (Å²) in [5.74, 6) is 0. The van der Waals surface area contributed by atoms with Crippen molar-refractivity contribution >= 4 is 61.2 Å². The standard InChI is InChI=1S/C35H42BNO2.C10H22.C8H18O2/c1-20-11-22-12-21(2)14-27-29-18-25(37-33(5,6)34(7,8)38)16-23-15-24(36-19-32(3,4)35(9,10)39-36)17-28(31(23)29)26(13-20)30(22)27;1-7-9(3,4)10(5,6)8-2;1-7(2,9-5)8(3,4)10-6/h11-18,37-38H,19H2,1-10H3;7-8H2,1-6H3;1-6H3. The van der Waals surface area contributed by atoms with Crippen LogP contribution in [0.2, 0.25) is 6.32 Å². The van der Waals surface area contributed by atoms with Crippen LogP contribution in [0.4, 0.5) is 5.69 Å². The molecule has 5 aromatic rings. The van der Waals surface area contributed by atoms with Crippen LogP contribution >= 0.6 is 0 Å². The Bertz CT molecular complexity index is 2170. The lowest BCUT2D eigenvalue weighted by Crippen LogP contribution is -2.51. The highest BCUT2D eigenvalue weighted by Gasteiger charge is 2.50. The van der Waals surface area contributed by atoms with Crippen LogP contribution in [0.1, 0.15) is 149 Å². The molecule has 0 aliphatic carbocycles. The number of aliphatic hydroxyl groups is 1. The first-order valence-corrected chi connectivity index (χ1v) is 22.2. The van der Waals surface area contributed by atoms with Crippen molar-refractivity contribution in [2.24, 2.45) is 16.2 Å². The molecule has 59 heavy (non-hydrogen) atoms.